The van der Waals surface area contributed by atoms with Gasteiger partial charge in [-0.05, 0) is 24.9 Å². The molecule has 6 heteroatoms. The molecule has 1 rings (SSSR count). The second-order valence-electron chi connectivity index (χ2n) is 3.69. The average molecular weight is 242 g/mol. The van der Waals surface area contributed by atoms with Gasteiger partial charge in [-0.1, -0.05) is 6.08 Å². The van der Waals surface area contributed by atoms with E-state index >= 15 is 0 Å². The van der Waals surface area contributed by atoms with E-state index in [-0.39, 0.29) is 11.3 Å². The van der Waals surface area contributed by atoms with Crippen LogP contribution in [0.4, 0.5) is 11.9 Å². The van der Waals surface area contributed by atoms with Crippen LogP contribution in [0, 0.1) is 0 Å². The fourth-order valence-corrected chi connectivity index (χ4v) is 1.29. The molecule has 0 fully saturated rings. The Morgan fingerprint density at radius 1 is 1.44 bits per heavy atom. The number of nitrogens with one attached hydrogen (secondary N) is 1. The molecule has 1 unspecified atom stereocenters. The first-order valence-electron chi connectivity index (χ1n) is 4.99. The summed E-state index contributed by atoms with van der Waals surface area (Å²) in [6.45, 7) is 5.70. The molecule has 0 aliphatic heterocycles. The Morgan fingerprint density at radius 3 is 2.69 bits per heavy atom. The number of hydrogen-bond donors (Lipinski definition) is 1. The van der Waals surface area contributed by atoms with Crippen molar-refractivity contribution in [2.75, 3.05) is 24.3 Å². The third-order valence-electron chi connectivity index (χ3n) is 1.89. The molecule has 0 saturated heterocycles. The van der Waals surface area contributed by atoms with Crippen molar-refractivity contribution in [1.82, 2.24) is 15.0 Å². The second kappa shape index (κ2) is 5.65. The Hall–Kier alpha value is -1.36. The number of aromatic nitrogens is 3. The molecule has 16 heavy (non-hydrogen) atoms. The van der Waals surface area contributed by atoms with Crippen LogP contribution in [0.3, 0.4) is 0 Å². The normalized spacial score (nSPS) is 12.0. The molecular formula is C10H16ClN5. The van der Waals surface area contributed by atoms with Crippen LogP contribution in [0.1, 0.15) is 13.3 Å². The monoisotopic (exact) mass is 241 g/mol. The van der Waals surface area contributed by atoms with Crippen LogP contribution >= 0.6 is 11.6 Å². The summed E-state index contributed by atoms with van der Waals surface area (Å²) in [5.74, 6) is 1.02. The molecule has 1 aromatic rings. The molecule has 1 atom stereocenters. The van der Waals surface area contributed by atoms with Gasteiger partial charge in [-0.25, -0.2) is 0 Å². The molecule has 88 valence electrons. The van der Waals surface area contributed by atoms with E-state index in [4.69, 9.17) is 11.6 Å². The van der Waals surface area contributed by atoms with Gasteiger partial charge in [-0.15, -0.1) is 6.58 Å². The lowest BCUT2D eigenvalue weighted by Gasteiger charge is -2.14. The van der Waals surface area contributed by atoms with Crippen molar-refractivity contribution in [2.45, 2.75) is 19.4 Å². The highest BCUT2D eigenvalue weighted by atomic mass is 35.5. The van der Waals surface area contributed by atoms with E-state index in [0.29, 0.717) is 11.9 Å². The lowest BCUT2D eigenvalue weighted by molar-refractivity contribution is 0.793. The summed E-state index contributed by atoms with van der Waals surface area (Å²) >= 11 is 5.81. The molecule has 0 spiro atoms. The first-order valence-corrected chi connectivity index (χ1v) is 5.37. The summed E-state index contributed by atoms with van der Waals surface area (Å²) in [4.78, 5) is 14.0. The van der Waals surface area contributed by atoms with Crippen molar-refractivity contribution < 1.29 is 0 Å². The van der Waals surface area contributed by atoms with Crippen LogP contribution in [-0.2, 0) is 0 Å². The molecule has 0 bridgehead atoms. The van der Waals surface area contributed by atoms with Gasteiger partial charge in [0.1, 0.15) is 0 Å². The van der Waals surface area contributed by atoms with E-state index in [1.54, 1.807) is 4.90 Å². The van der Waals surface area contributed by atoms with Gasteiger partial charge in [0.05, 0.1) is 0 Å². The SMILES string of the molecule is C=CCC(C)Nc1nc(Cl)nc(N(C)C)n1. The molecule has 0 saturated carbocycles. The quantitative estimate of drug-likeness (QED) is 0.799. The van der Waals surface area contributed by atoms with Crippen LogP contribution in [0.2, 0.25) is 5.28 Å². The van der Waals surface area contributed by atoms with E-state index in [9.17, 15) is 0 Å². The van der Waals surface area contributed by atoms with Gasteiger partial charge in [0, 0.05) is 20.1 Å². The zero-order valence-electron chi connectivity index (χ0n) is 9.74. The Morgan fingerprint density at radius 2 is 2.12 bits per heavy atom. The largest absolute Gasteiger partial charge is 0.351 e. The highest BCUT2D eigenvalue weighted by molar-refractivity contribution is 6.28. The maximum Gasteiger partial charge on any atom is 0.230 e. The number of hydrogen-bond acceptors (Lipinski definition) is 5. The minimum Gasteiger partial charge on any atom is -0.351 e. The number of rotatable bonds is 5. The van der Waals surface area contributed by atoms with Crippen molar-refractivity contribution in [1.29, 1.82) is 0 Å². The van der Waals surface area contributed by atoms with Crippen LogP contribution in [0.15, 0.2) is 12.7 Å². The second-order valence-corrected chi connectivity index (χ2v) is 4.03. The summed E-state index contributed by atoms with van der Waals surface area (Å²) in [7, 11) is 3.70. The fraction of sp³-hybridized carbons (Fsp3) is 0.500. The van der Waals surface area contributed by atoms with Gasteiger partial charge in [-0.2, -0.15) is 15.0 Å². The average Bonchev–Trinajstić information content (AvgIpc) is 2.16. The maximum atomic E-state index is 5.81. The lowest BCUT2D eigenvalue weighted by Crippen LogP contribution is -2.19. The number of nitrogens with zero attached hydrogens (tertiary/aromatic N) is 4. The van der Waals surface area contributed by atoms with E-state index in [2.05, 4.69) is 26.8 Å². The van der Waals surface area contributed by atoms with Crippen LogP contribution in [0.5, 0.6) is 0 Å². The molecule has 0 aliphatic rings. The van der Waals surface area contributed by atoms with Crippen molar-refractivity contribution in [3.8, 4) is 0 Å². The van der Waals surface area contributed by atoms with Gasteiger partial charge in [-0.3, -0.25) is 0 Å². The molecular weight excluding hydrogens is 226 g/mol. The first-order chi connectivity index (χ1) is 7.52. The third-order valence-corrected chi connectivity index (χ3v) is 2.06. The smallest absolute Gasteiger partial charge is 0.230 e. The minimum absolute atomic E-state index is 0.187. The molecule has 1 aromatic heterocycles. The van der Waals surface area contributed by atoms with E-state index in [1.807, 2.05) is 27.1 Å². The van der Waals surface area contributed by atoms with Crippen molar-refractivity contribution in [2.24, 2.45) is 0 Å². The summed E-state index contributed by atoms with van der Waals surface area (Å²) in [6.07, 6.45) is 2.67. The number of halogens is 1. The fourth-order valence-electron chi connectivity index (χ4n) is 1.13. The van der Waals surface area contributed by atoms with Crippen LogP contribution in [0.25, 0.3) is 0 Å². The van der Waals surface area contributed by atoms with Gasteiger partial charge < -0.3 is 10.2 Å². The standard InChI is InChI=1S/C10H16ClN5/c1-5-6-7(2)12-9-13-8(11)14-10(15-9)16(3)4/h5,7H,1,6H2,2-4H3,(H,12,13,14,15). The van der Waals surface area contributed by atoms with Gasteiger partial charge >= 0.3 is 0 Å². The molecule has 1 N–H and O–H groups in total. The summed E-state index contributed by atoms with van der Waals surface area (Å²) in [5, 5.41) is 3.32. The van der Waals surface area contributed by atoms with Gasteiger partial charge in [0.2, 0.25) is 17.2 Å². The maximum absolute atomic E-state index is 5.81. The zero-order chi connectivity index (χ0) is 12.1. The van der Waals surface area contributed by atoms with Gasteiger partial charge in [0.25, 0.3) is 0 Å². The first kappa shape index (κ1) is 12.7. The Balaban J connectivity index is 2.83. The Kier molecular flexibility index (Phi) is 4.49. The van der Waals surface area contributed by atoms with Crippen molar-refractivity contribution in [3.63, 3.8) is 0 Å². The summed E-state index contributed by atoms with van der Waals surface area (Å²) < 4.78 is 0. The number of anilines is 2. The van der Waals surface area contributed by atoms with Gasteiger partial charge in [0.15, 0.2) is 0 Å². The minimum atomic E-state index is 0.187. The highest BCUT2D eigenvalue weighted by Gasteiger charge is 2.08. The zero-order valence-corrected chi connectivity index (χ0v) is 10.5. The van der Waals surface area contributed by atoms with Crippen molar-refractivity contribution >= 4 is 23.5 Å². The van der Waals surface area contributed by atoms with Crippen molar-refractivity contribution in [3.05, 3.63) is 17.9 Å². The molecule has 0 aliphatic carbocycles. The molecule has 0 radical (unpaired) electrons. The summed E-state index contributed by atoms with van der Waals surface area (Å²) in [5.41, 5.74) is 0. The van der Waals surface area contributed by atoms with Crippen LogP contribution in [-0.4, -0.2) is 35.1 Å². The molecule has 5 nitrogen and oxygen atoms in total. The summed E-state index contributed by atoms with van der Waals surface area (Å²) in [6, 6.07) is 0.214. The highest BCUT2D eigenvalue weighted by Crippen LogP contribution is 2.12. The molecule has 1 heterocycles. The topological polar surface area (TPSA) is 53.9 Å². The third kappa shape index (κ3) is 3.66. The predicted octanol–water partition coefficient (Wildman–Crippen LogP) is 1.97. The van der Waals surface area contributed by atoms with Crippen LogP contribution < -0.4 is 10.2 Å². The Labute approximate surface area is 101 Å². The van der Waals surface area contributed by atoms with E-state index in [1.165, 1.54) is 0 Å². The Bertz CT molecular complexity index is 366. The molecule has 0 amide bonds. The van der Waals surface area contributed by atoms with E-state index in [0.717, 1.165) is 6.42 Å². The molecule has 0 aromatic carbocycles. The van der Waals surface area contributed by atoms with E-state index < -0.39 is 0 Å². The lowest BCUT2D eigenvalue weighted by atomic mass is 10.2. The predicted molar refractivity (Wildman–Crippen MR) is 67.1 cm³/mol.